The predicted octanol–water partition coefficient (Wildman–Crippen LogP) is 6.77. The molecule has 3 N–H and O–H groups in total. The molecular formula is C36H50O7. The molecule has 3 heterocycles. The van der Waals surface area contributed by atoms with Crippen molar-refractivity contribution in [3.8, 4) is 5.75 Å². The fraction of sp³-hybridized carbons (Fsp3) is 0.639. The molecule has 236 valence electrons. The molecule has 1 aromatic carbocycles. The summed E-state index contributed by atoms with van der Waals surface area (Å²) >= 11 is 0. The summed E-state index contributed by atoms with van der Waals surface area (Å²) in [5.41, 5.74) is 3.23. The fourth-order valence-corrected chi connectivity index (χ4v) is 7.51. The Kier molecular flexibility index (Phi) is 9.86. The van der Waals surface area contributed by atoms with Gasteiger partial charge in [0.2, 0.25) is 0 Å². The first-order valence-electron chi connectivity index (χ1n) is 16.2. The molecule has 3 fully saturated rings. The van der Waals surface area contributed by atoms with Crippen LogP contribution >= 0.6 is 0 Å². The molecule has 2 bridgehead atoms. The van der Waals surface area contributed by atoms with Crippen molar-refractivity contribution in [2.45, 2.75) is 129 Å². The number of rotatable bonds is 1. The maximum Gasteiger partial charge on any atom is 0.339 e. The molecule has 43 heavy (non-hydrogen) atoms. The Labute approximate surface area is 256 Å². The smallest absolute Gasteiger partial charge is 0.339 e. The van der Waals surface area contributed by atoms with Gasteiger partial charge in [-0.3, -0.25) is 0 Å². The van der Waals surface area contributed by atoms with Crippen molar-refractivity contribution in [2.75, 3.05) is 0 Å². The van der Waals surface area contributed by atoms with Gasteiger partial charge < -0.3 is 29.5 Å². The molecule has 0 amide bonds. The third kappa shape index (κ3) is 7.11. The Morgan fingerprint density at radius 3 is 2.42 bits per heavy atom. The van der Waals surface area contributed by atoms with Crippen LogP contribution in [0.5, 0.6) is 5.75 Å². The maximum absolute atomic E-state index is 13.8. The van der Waals surface area contributed by atoms with Gasteiger partial charge in [0.15, 0.2) is 5.79 Å². The van der Waals surface area contributed by atoms with E-state index in [2.05, 4.69) is 6.92 Å². The van der Waals surface area contributed by atoms with Gasteiger partial charge in [0, 0.05) is 31.1 Å². The number of benzene rings is 1. The van der Waals surface area contributed by atoms with Crippen molar-refractivity contribution in [3.63, 3.8) is 0 Å². The molecule has 0 aromatic heterocycles. The lowest BCUT2D eigenvalue weighted by Gasteiger charge is -2.53. The van der Waals surface area contributed by atoms with E-state index in [0.29, 0.717) is 48.3 Å². The van der Waals surface area contributed by atoms with E-state index in [0.717, 1.165) is 24.0 Å². The summed E-state index contributed by atoms with van der Waals surface area (Å²) in [6.07, 6.45) is 13.0. The molecule has 3 aliphatic heterocycles. The predicted molar refractivity (Wildman–Crippen MR) is 166 cm³/mol. The maximum atomic E-state index is 13.8. The number of carbonyl (C=O) groups excluding carboxylic acids is 1. The molecule has 5 rings (SSSR count). The first kappa shape index (κ1) is 32.0. The molecule has 8 atom stereocenters. The number of allylic oxidation sites excluding steroid dienone is 3. The minimum atomic E-state index is -1.06. The molecule has 4 aliphatic rings. The van der Waals surface area contributed by atoms with Crippen LogP contribution in [-0.4, -0.2) is 57.6 Å². The van der Waals surface area contributed by atoms with Crippen molar-refractivity contribution >= 4 is 11.5 Å². The van der Waals surface area contributed by atoms with E-state index >= 15 is 0 Å². The Balaban J connectivity index is 1.52. The second-order valence-electron chi connectivity index (χ2n) is 13.6. The number of phenols is 1. The number of aliphatic hydroxyl groups excluding tert-OH is 2. The van der Waals surface area contributed by atoms with Gasteiger partial charge in [-0.1, -0.05) is 57.4 Å². The Hall–Kier alpha value is -2.45. The highest BCUT2D eigenvalue weighted by Crippen LogP contribution is 2.46. The van der Waals surface area contributed by atoms with Gasteiger partial charge in [-0.05, 0) is 80.4 Å². The van der Waals surface area contributed by atoms with Crippen molar-refractivity contribution in [3.05, 3.63) is 58.7 Å². The third-order valence-corrected chi connectivity index (χ3v) is 10.2. The lowest BCUT2D eigenvalue weighted by molar-refractivity contribution is -0.354. The molecule has 1 spiro atoms. The number of aliphatic hydroxyl groups is 2. The Morgan fingerprint density at radius 1 is 0.930 bits per heavy atom. The average Bonchev–Trinajstić information content (AvgIpc) is 2.98. The lowest BCUT2D eigenvalue weighted by Crippen LogP contribution is -2.59. The lowest BCUT2D eigenvalue weighted by atomic mass is 9.75. The minimum Gasteiger partial charge on any atom is -0.508 e. The Bertz CT molecular complexity index is 1260. The van der Waals surface area contributed by atoms with Gasteiger partial charge in [-0.2, -0.15) is 0 Å². The average molecular weight is 595 g/mol. The second-order valence-corrected chi connectivity index (χ2v) is 13.6. The number of carbonyl (C=O) groups is 1. The number of aromatic hydroxyl groups is 1. The quantitative estimate of drug-likeness (QED) is 0.243. The van der Waals surface area contributed by atoms with Gasteiger partial charge in [0.05, 0.1) is 30.0 Å². The third-order valence-electron chi connectivity index (χ3n) is 10.2. The molecule has 1 saturated carbocycles. The standard InChI is InChI=1S/C36H50O7/c1-21-10-9-11-22(2)33(39)23(3)14-15-27-17-28(41-35(40)30-16-24(4)31(37)18-29(21)30)19-36(42-27)20-32(38)25(5)34(43-36)26-12-7-6-8-13-26/h9-11,14,16,18,22,25-28,32-34,37-39H,6-8,12-13,15,17,19-20H2,1-5H3/b11-9-,21-10-,23-14-/t22-,25-,27+,28-,32-,33-,34-,36-/m0/s1. The molecule has 1 aliphatic carbocycles. The van der Waals surface area contributed by atoms with Gasteiger partial charge in [0.25, 0.3) is 0 Å². The van der Waals surface area contributed by atoms with E-state index in [1.807, 2.05) is 45.1 Å². The number of fused-ring (bicyclic) bond motifs is 3. The van der Waals surface area contributed by atoms with Crippen LogP contribution in [0.1, 0.15) is 107 Å². The summed E-state index contributed by atoms with van der Waals surface area (Å²) in [7, 11) is 0. The molecule has 7 nitrogen and oxygen atoms in total. The highest BCUT2D eigenvalue weighted by molar-refractivity contribution is 5.96. The first-order valence-corrected chi connectivity index (χ1v) is 16.2. The highest BCUT2D eigenvalue weighted by atomic mass is 16.7. The van der Waals surface area contributed by atoms with E-state index in [9.17, 15) is 20.1 Å². The van der Waals surface area contributed by atoms with Crippen LogP contribution in [0.2, 0.25) is 0 Å². The zero-order valence-corrected chi connectivity index (χ0v) is 26.4. The summed E-state index contributed by atoms with van der Waals surface area (Å²) in [6, 6.07) is 3.30. The molecule has 7 heteroatoms. The summed E-state index contributed by atoms with van der Waals surface area (Å²) in [4.78, 5) is 13.8. The van der Waals surface area contributed by atoms with Crippen molar-refractivity contribution < 1.29 is 34.3 Å². The number of ether oxygens (including phenoxy) is 3. The van der Waals surface area contributed by atoms with E-state index in [4.69, 9.17) is 14.2 Å². The van der Waals surface area contributed by atoms with E-state index in [1.54, 1.807) is 19.1 Å². The molecule has 1 aromatic rings. The van der Waals surface area contributed by atoms with Crippen LogP contribution in [0, 0.1) is 24.7 Å². The number of esters is 1. The second kappa shape index (κ2) is 13.3. The van der Waals surface area contributed by atoms with Crippen LogP contribution in [0.4, 0.5) is 0 Å². The summed E-state index contributed by atoms with van der Waals surface area (Å²) < 4.78 is 19.9. The number of hydrogen-bond donors (Lipinski definition) is 3. The molecular weight excluding hydrogens is 544 g/mol. The van der Waals surface area contributed by atoms with Crippen molar-refractivity contribution in [1.29, 1.82) is 0 Å². The topological polar surface area (TPSA) is 105 Å². The van der Waals surface area contributed by atoms with Crippen LogP contribution in [-0.2, 0) is 14.2 Å². The molecule has 2 saturated heterocycles. The van der Waals surface area contributed by atoms with Crippen LogP contribution in [0.25, 0.3) is 5.57 Å². The van der Waals surface area contributed by atoms with E-state index in [1.165, 1.54) is 19.3 Å². The van der Waals surface area contributed by atoms with Crippen LogP contribution in [0.15, 0.2) is 42.0 Å². The monoisotopic (exact) mass is 594 g/mol. The van der Waals surface area contributed by atoms with Gasteiger partial charge >= 0.3 is 5.97 Å². The fourth-order valence-electron chi connectivity index (χ4n) is 7.51. The number of hydrogen-bond acceptors (Lipinski definition) is 7. The minimum absolute atomic E-state index is 0.00614. The summed E-state index contributed by atoms with van der Waals surface area (Å²) in [5, 5.41) is 32.9. The summed E-state index contributed by atoms with van der Waals surface area (Å²) in [6.45, 7) is 9.63. The molecule has 0 unspecified atom stereocenters. The van der Waals surface area contributed by atoms with Crippen molar-refractivity contribution in [2.24, 2.45) is 17.8 Å². The molecule has 0 radical (unpaired) electrons. The normalized spacial score (nSPS) is 39.6. The van der Waals surface area contributed by atoms with Gasteiger partial charge in [-0.25, -0.2) is 4.79 Å². The highest BCUT2D eigenvalue weighted by Gasteiger charge is 2.53. The number of phenolic OH excluding ortho intramolecular Hbond substituents is 1. The van der Waals surface area contributed by atoms with Crippen LogP contribution < -0.4 is 0 Å². The number of aryl methyl sites for hydroxylation is 1. The van der Waals surface area contributed by atoms with E-state index in [-0.39, 0.29) is 29.8 Å². The Morgan fingerprint density at radius 2 is 1.67 bits per heavy atom. The van der Waals surface area contributed by atoms with E-state index < -0.39 is 30.1 Å². The van der Waals surface area contributed by atoms with Crippen LogP contribution in [0.3, 0.4) is 0 Å². The zero-order chi connectivity index (χ0) is 30.9. The summed E-state index contributed by atoms with van der Waals surface area (Å²) in [5.74, 6) is -1.17. The zero-order valence-electron chi connectivity index (χ0n) is 26.4. The SMILES string of the molecule is C/C1=C/C=C\[C@H](C)[C@H](O)/C(C)=C\C[C@@H]2C[C@@H](C[C@]3(C[C@H](O)[C@H](C)[C@@H](C4CCCCC4)O3)O2)OC(=O)c2cc(C)c(O)cc21. The van der Waals surface area contributed by atoms with Crippen molar-refractivity contribution in [1.82, 2.24) is 0 Å². The first-order chi connectivity index (χ1) is 20.5. The largest absolute Gasteiger partial charge is 0.508 e. The van der Waals surface area contributed by atoms with Gasteiger partial charge in [-0.15, -0.1) is 0 Å². The van der Waals surface area contributed by atoms with Gasteiger partial charge in [0.1, 0.15) is 11.9 Å².